The van der Waals surface area contributed by atoms with E-state index in [1.807, 2.05) is 11.1 Å². The van der Waals surface area contributed by atoms with Crippen molar-refractivity contribution in [3.63, 3.8) is 0 Å². The zero-order chi connectivity index (χ0) is 17.8. The fourth-order valence-electron chi connectivity index (χ4n) is 3.21. The monoisotopic (exact) mass is 384 g/mol. The maximum Gasteiger partial charge on any atom is 0.239 e. The third kappa shape index (κ3) is 4.85. The topological polar surface area (TPSA) is 57.2 Å². The summed E-state index contributed by atoms with van der Waals surface area (Å²) in [6.07, 6.45) is 1.77. The number of ether oxygens (including phenoxy) is 1. The standard InChI is InChI=1S/C17H22Cl2N4O2/c1-25-11-12-4-6-22(9-12)10-17(24)20-16-5-7-23(21-16)13-2-3-14(18)15(19)8-13/h2-3,8,12H,4-7,9-11H2,1H3,(H,20,21,24)/t12-/m0/s1. The van der Waals surface area contributed by atoms with E-state index in [9.17, 15) is 4.79 Å². The molecule has 0 radical (unpaired) electrons. The number of methoxy groups -OCH3 is 1. The third-order valence-electron chi connectivity index (χ3n) is 4.43. The largest absolute Gasteiger partial charge is 0.384 e. The summed E-state index contributed by atoms with van der Waals surface area (Å²) in [6.45, 7) is 3.69. The minimum absolute atomic E-state index is 0.0206. The van der Waals surface area contributed by atoms with E-state index in [0.29, 0.717) is 41.3 Å². The Balaban J connectivity index is 1.51. The minimum atomic E-state index is -0.0206. The maximum atomic E-state index is 12.2. The third-order valence-corrected chi connectivity index (χ3v) is 5.17. The number of nitrogens with zero attached hydrogens (tertiary/aromatic N) is 3. The summed E-state index contributed by atoms with van der Waals surface area (Å²) < 4.78 is 5.19. The van der Waals surface area contributed by atoms with Gasteiger partial charge in [0.1, 0.15) is 5.84 Å². The van der Waals surface area contributed by atoms with Crippen molar-refractivity contribution < 1.29 is 9.53 Å². The van der Waals surface area contributed by atoms with E-state index in [1.54, 1.807) is 19.2 Å². The van der Waals surface area contributed by atoms with Crippen molar-refractivity contribution in [1.82, 2.24) is 10.2 Å². The number of carbonyl (C=O) groups excluding carboxylic acids is 1. The van der Waals surface area contributed by atoms with E-state index in [0.717, 1.165) is 31.8 Å². The number of halogens is 2. The van der Waals surface area contributed by atoms with Crippen LogP contribution in [0.4, 0.5) is 5.69 Å². The first-order valence-electron chi connectivity index (χ1n) is 8.36. The van der Waals surface area contributed by atoms with Crippen LogP contribution in [-0.2, 0) is 9.53 Å². The van der Waals surface area contributed by atoms with Gasteiger partial charge in [-0.1, -0.05) is 23.2 Å². The molecule has 0 bridgehead atoms. The minimum Gasteiger partial charge on any atom is -0.384 e. The van der Waals surface area contributed by atoms with Crippen LogP contribution in [0.5, 0.6) is 0 Å². The van der Waals surface area contributed by atoms with Crippen LogP contribution in [0.15, 0.2) is 23.3 Å². The predicted octanol–water partition coefficient (Wildman–Crippen LogP) is 2.60. The summed E-state index contributed by atoms with van der Waals surface area (Å²) in [5, 5.41) is 10.2. The molecule has 0 aromatic heterocycles. The fourth-order valence-corrected chi connectivity index (χ4v) is 3.50. The molecular formula is C17H22Cl2N4O2. The highest BCUT2D eigenvalue weighted by molar-refractivity contribution is 6.42. The smallest absolute Gasteiger partial charge is 0.239 e. The lowest BCUT2D eigenvalue weighted by Gasteiger charge is -2.15. The Morgan fingerprint density at radius 1 is 1.36 bits per heavy atom. The van der Waals surface area contributed by atoms with Gasteiger partial charge in [0.15, 0.2) is 0 Å². The van der Waals surface area contributed by atoms with Gasteiger partial charge in [-0.3, -0.25) is 14.7 Å². The molecule has 0 saturated carbocycles. The summed E-state index contributed by atoms with van der Waals surface area (Å²) in [6, 6.07) is 5.39. The Labute approximate surface area is 157 Å². The van der Waals surface area contributed by atoms with E-state index < -0.39 is 0 Å². The summed E-state index contributed by atoms with van der Waals surface area (Å²) in [4.78, 5) is 14.4. The number of hydrogen-bond donors (Lipinski definition) is 1. The van der Waals surface area contributed by atoms with Gasteiger partial charge in [0.2, 0.25) is 5.91 Å². The Bertz CT molecular complexity index is 668. The molecule has 1 saturated heterocycles. The van der Waals surface area contributed by atoms with Gasteiger partial charge >= 0.3 is 0 Å². The first-order chi connectivity index (χ1) is 12.0. The second kappa shape index (κ2) is 8.36. The predicted molar refractivity (Wildman–Crippen MR) is 100 cm³/mol. The summed E-state index contributed by atoms with van der Waals surface area (Å²) in [5.74, 6) is 1.18. The highest BCUT2D eigenvalue weighted by Gasteiger charge is 2.25. The number of nitrogens with one attached hydrogen (secondary N) is 1. The molecule has 1 fully saturated rings. The van der Waals surface area contributed by atoms with Gasteiger partial charge in [0, 0.05) is 26.6 Å². The van der Waals surface area contributed by atoms with Crippen LogP contribution in [0.25, 0.3) is 0 Å². The molecule has 0 unspecified atom stereocenters. The lowest BCUT2D eigenvalue weighted by atomic mass is 10.1. The molecule has 2 heterocycles. The van der Waals surface area contributed by atoms with Crippen molar-refractivity contribution in [1.29, 1.82) is 0 Å². The van der Waals surface area contributed by atoms with Crippen LogP contribution in [0, 0.1) is 5.92 Å². The summed E-state index contributed by atoms with van der Waals surface area (Å²) in [5.41, 5.74) is 0.862. The van der Waals surface area contributed by atoms with Crippen LogP contribution in [0.3, 0.4) is 0 Å². The van der Waals surface area contributed by atoms with Crippen molar-refractivity contribution >= 4 is 40.6 Å². The Morgan fingerprint density at radius 2 is 2.20 bits per heavy atom. The molecule has 1 atom stereocenters. The van der Waals surface area contributed by atoms with Gasteiger partial charge in [0.05, 0.1) is 28.9 Å². The zero-order valence-electron chi connectivity index (χ0n) is 14.2. The number of hydrogen-bond acceptors (Lipinski definition) is 5. The molecule has 1 N–H and O–H groups in total. The second-order valence-corrected chi connectivity index (χ2v) is 7.23. The van der Waals surface area contributed by atoms with E-state index in [4.69, 9.17) is 27.9 Å². The number of hydrazone groups is 1. The molecule has 1 aromatic rings. The van der Waals surface area contributed by atoms with Crippen molar-refractivity contribution in [2.45, 2.75) is 12.8 Å². The SMILES string of the molecule is COC[C@H]1CCN(CC(=O)NC2=NN(c3ccc(Cl)c(Cl)c3)CC2)C1. The number of benzene rings is 1. The maximum absolute atomic E-state index is 12.2. The van der Waals surface area contributed by atoms with Crippen molar-refractivity contribution in [3.8, 4) is 0 Å². The Hall–Kier alpha value is -1.34. The molecule has 25 heavy (non-hydrogen) atoms. The summed E-state index contributed by atoms with van der Waals surface area (Å²) >= 11 is 12.0. The molecule has 8 heteroatoms. The van der Waals surface area contributed by atoms with Crippen LogP contribution >= 0.6 is 23.2 Å². The Kier molecular flexibility index (Phi) is 6.17. The molecule has 1 amide bonds. The Morgan fingerprint density at radius 3 is 2.96 bits per heavy atom. The number of carbonyl (C=O) groups is 1. The fraction of sp³-hybridized carbons (Fsp3) is 0.529. The normalized spacial score (nSPS) is 20.8. The molecule has 0 spiro atoms. The summed E-state index contributed by atoms with van der Waals surface area (Å²) in [7, 11) is 1.72. The molecule has 0 aliphatic carbocycles. The van der Waals surface area contributed by atoms with Gasteiger partial charge in [-0.2, -0.15) is 5.10 Å². The molecule has 2 aliphatic rings. The van der Waals surface area contributed by atoms with E-state index in [-0.39, 0.29) is 5.91 Å². The second-order valence-electron chi connectivity index (χ2n) is 6.41. The van der Waals surface area contributed by atoms with Crippen molar-refractivity contribution in [2.75, 3.05) is 44.9 Å². The average molecular weight is 385 g/mol. The van der Waals surface area contributed by atoms with Gasteiger partial charge < -0.3 is 10.1 Å². The molecule has 136 valence electrons. The number of rotatable bonds is 5. The van der Waals surface area contributed by atoms with E-state index in [2.05, 4.69) is 15.3 Å². The van der Waals surface area contributed by atoms with Gasteiger partial charge in [-0.15, -0.1) is 0 Å². The van der Waals surface area contributed by atoms with E-state index >= 15 is 0 Å². The lowest BCUT2D eigenvalue weighted by molar-refractivity contribution is -0.120. The van der Waals surface area contributed by atoms with Crippen LogP contribution in [0.2, 0.25) is 10.0 Å². The van der Waals surface area contributed by atoms with Crippen LogP contribution in [0.1, 0.15) is 12.8 Å². The lowest BCUT2D eigenvalue weighted by Crippen LogP contribution is -2.38. The highest BCUT2D eigenvalue weighted by Crippen LogP contribution is 2.28. The number of anilines is 1. The molecular weight excluding hydrogens is 363 g/mol. The molecule has 6 nitrogen and oxygen atoms in total. The van der Waals surface area contributed by atoms with Gasteiger partial charge in [-0.25, -0.2) is 0 Å². The van der Waals surface area contributed by atoms with Crippen molar-refractivity contribution in [2.24, 2.45) is 11.0 Å². The highest BCUT2D eigenvalue weighted by atomic mass is 35.5. The average Bonchev–Trinajstić information content (AvgIpc) is 3.20. The molecule has 1 aromatic carbocycles. The first-order valence-corrected chi connectivity index (χ1v) is 9.12. The molecule has 2 aliphatic heterocycles. The van der Waals surface area contributed by atoms with Gasteiger partial charge in [0.25, 0.3) is 0 Å². The van der Waals surface area contributed by atoms with Crippen molar-refractivity contribution in [3.05, 3.63) is 28.2 Å². The van der Waals surface area contributed by atoms with Crippen LogP contribution < -0.4 is 10.3 Å². The number of amides is 1. The number of amidine groups is 1. The molecule has 3 rings (SSSR count). The van der Waals surface area contributed by atoms with E-state index in [1.165, 1.54) is 0 Å². The van der Waals surface area contributed by atoms with Gasteiger partial charge in [-0.05, 0) is 37.1 Å². The number of likely N-dealkylation sites (tertiary alicyclic amines) is 1. The first kappa shape index (κ1) is 18.5. The quantitative estimate of drug-likeness (QED) is 0.847. The zero-order valence-corrected chi connectivity index (χ0v) is 15.7. The van der Waals surface area contributed by atoms with Crippen LogP contribution in [-0.4, -0.2) is 56.5 Å².